The molecule has 0 radical (unpaired) electrons. The molecule has 1 unspecified atom stereocenters. The molecule has 2 N–H and O–H groups in total. The van der Waals surface area contributed by atoms with Crippen LogP contribution in [0.2, 0.25) is 0 Å². The van der Waals surface area contributed by atoms with Gasteiger partial charge in [-0.1, -0.05) is 0 Å². The van der Waals surface area contributed by atoms with Crippen molar-refractivity contribution in [3.8, 4) is 23.0 Å². The summed E-state index contributed by atoms with van der Waals surface area (Å²) in [6.07, 6.45) is 0.977. The first kappa shape index (κ1) is 23.2. The monoisotopic (exact) mass is 442 g/mol. The van der Waals surface area contributed by atoms with Gasteiger partial charge in [-0.3, -0.25) is 9.59 Å². The largest absolute Gasteiger partial charge is 0.508 e. The lowest BCUT2D eigenvalue weighted by Crippen LogP contribution is -2.43. The molecule has 0 bridgehead atoms. The highest BCUT2D eigenvalue weighted by atomic mass is 16.5. The van der Waals surface area contributed by atoms with Gasteiger partial charge in [-0.2, -0.15) is 0 Å². The highest BCUT2D eigenvalue weighted by Crippen LogP contribution is 2.29. The standard InChI is InChI=1S/C24H30N2O6/c1-16(32-20-7-5-19(27)6-8-20)23(28)25-15-17-10-12-26(13-11-17)24(29)18-4-9-21(30-2)22(14-18)31-3/h4-9,14,16-17,27H,10-13,15H2,1-3H3,(H,25,28). The first-order valence-electron chi connectivity index (χ1n) is 10.7. The summed E-state index contributed by atoms with van der Waals surface area (Å²) in [7, 11) is 3.10. The van der Waals surface area contributed by atoms with Crippen molar-refractivity contribution >= 4 is 11.8 Å². The van der Waals surface area contributed by atoms with Crippen LogP contribution in [-0.4, -0.2) is 61.8 Å². The molecule has 1 atom stereocenters. The summed E-state index contributed by atoms with van der Waals surface area (Å²) in [6, 6.07) is 11.4. The van der Waals surface area contributed by atoms with Crippen LogP contribution in [0.15, 0.2) is 42.5 Å². The van der Waals surface area contributed by atoms with Gasteiger partial charge in [-0.05, 0) is 68.1 Å². The molecule has 0 spiro atoms. The molecule has 0 aromatic heterocycles. The maximum atomic E-state index is 12.9. The molecule has 1 aliphatic rings. The average molecular weight is 443 g/mol. The normalized spacial score (nSPS) is 15.0. The predicted molar refractivity (Wildman–Crippen MR) is 119 cm³/mol. The van der Waals surface area contributed by atoms with Gasteiger partial charge in [0, 0.05) is 25.2 Å². The third-order valence-electron chi connectivity index (χ3n) is 5.62. The van der Waals surface area contributed by atoms with Crippen LogP contribution in [0.4, 0.5) is 0 Å². The number of amides is 2. The number of nitrogens with zero attached hydrogens (tertiary/aromatic N) is 1. The van der Waals surface area contributed by atoms with E-state index in [9.17, 15) is 14.7 Å². The fourth-order valence-corrected chi connectivity index (χ4v) is 3.66. The second-order valence-corrected chi connectivity index (χ2v) is 7.80. The summed E-state index contributed by atoms with van der Waals surface area (Å²) in [5.41, 5.74) is 0.564. The molecule has 1 aliphatic heterocycles. The number of piperidine rings is 1. The maximum Gasteiger partial charge on any atom is 0.260 e. The Balaban J connectivity index is 1.44. The maximum absolute atomic E-state index is 12.9. The van der Waals surface area contributed by atoms with Gasteiger partial charge in [0.25, 0.3) is 11.8 Å². The van der Waals surface area contributed by atoms with Crippen molar-refractivity contribution in [3.63, 3.8) is 0 Å². The second kappa shape index (κ2) is 10.7. The highest BCUT2D eigenvalue weighted by molar-refractivity contribution is 5.95. The van der Waals surface area contributed by atoms with E-state index in [2.05, 4.69) is 5.32 Å². The number of nitrogens with one attached hydrogen (secondary N) is 1. The van der Waals surface area contributed by atoms with Gasteiger partial charge >= 0.3 is 0 Å². The molecule has 0 saturated carbocycles. The van der Waals surface area contributed by atoms with E-state index < -0.39 is 6.10 Å². The average Bonchev–Trinajstić information content (AvgIpc) is 2.83. The summed E-state index contributed by atoms with van der Waals surface area (Å²) >= 11 is 0. The third-order valence-corrected chi connectivity index (χ3v) is 5.62. The van der Waals surface area contributed by atoms with Crippen LogP contribution < -0.4 is 19.5 Å². The van der Waals surface area contributed by atoms with Crippen molar-refractivity contribution in [2.45, 2.75) is 25.9 Å². The van der Waals surface area contributed by atoms with Crippen molar-refractivity contribution in [2.24, 2.45) is 5.92 Å². The number of rotatable bonds is 8. The molecule has 8 heteroatoms. The van der Waals surface area contributed by atoms with Crippen LogP contribution in [0.5, 0.6) is 23.0 Å². The zero-order valence-corrected chi connectivity index (χ0v) is 18.7. The Labute approximate surface area is 188 Å². The number of ether oxygens (including phenoxy) is 3. The Bertz CT molecular complexity index is 923. The number of likely N-dealkylation sites (tertiary alicyclic amines) is 1. The van der Waals surface area contributed by atoms with E-state index in [0.717, 1.165) is 12.8 Å². The lowest BCUT2D eigenvalue weighted by Gasteiger charge is -2.32. The Morgan fingerprint density at radius 3 is 2.34 bits per heavy atom. The molecule has 1 saturated heterocycles. The molecule has 1 heterocycles. The van der Waals surface area contributed by atoms with Crippen molar-refractivity contribution in [3.05, 3.63) is 48.0 Å². The van der Waals surface area contributed by atoms with Crippen LogP contribution in [-0.2, 0) is 4.79 Å². The smallest absolute Gasteiger partial charge is 0.260 e. The number of phenolic OH excluding ortho intramolecular Hbond substituents is 1. The quantitative estimate of drug-likeness (QED) is 0.653. The van der Waals surface area contributed by atoms with Crippen molar-refractivity contribution in [2.75, 3.05) is 33.9 Å². The molecular weight excluding hydrogens is 412 g/mol. The third kappa shape index (κ3) is 5.84. The minimum absolute atomic E-state index is 0.0376. The van der Waals surface area contributed by atoms with Crippen LogP contribution in [0, 0.1) is 5.92 Å². The minimum Gasteiger partial charge on any atom is -0.508 e. The summed E-state index contributed by atoms with van der Waals surface area (Å²) in [5, 5.41) is 12.3. The fraction of sp³-hybridized carbons (Fsp3) is 0.417. The summed E-state index contributed by atoms with van der Waals surface area (Å²) in [6.45, 7) is 3.49. The number of hydrogen-bond donors (Lipinski definition) is 2. The molecule has 2 amide bonds. The molecule has 3 rings (SSSR count). The molecule has 0 aliphatic carbocycles. The highest BCUT2D eigenvalue weighted by Gasteiger charge is 2.25. The Morgan fingerprint density at radius 2 is 1.72 bits per heavy atom. The molecule has 1 fully saturated rings. The van der Waals surface area contributed by atoms with Crippen LogP contribution in [0.1, 0.15) is 30.1 Å². The van der Waals surface area contributed by atoms with Crippen molar-refractivity contribution in [1.29, 1.82) is 0 Å². The summed E-state index contributed by atoms with van der Waals surface area (Å²) < 4.78 is 16.1. The molecule has 2 aromatic rings. The van der Waals surface area contributed by atoms with Crippen LogP contribution in [0.25, 0.3) is 0 Å². The van der Waals surface area contributed by atoms with E-state index in [1.54, 1.807) is 51.5 Å². The number of benzene rings is 2. The van der Waals surface area contributed by atoms with E-state index >= 15 is 0 Å². The second-order valence-electron chi connectivity index (χ2n) is 7.80. The fourth-order valence-electron chi connectivity index (χ4n) is 3.66. The van der Waals surface area contributed by atoms with E-state index in [4.69, 9.17) is 14.2 Å². The van der Waals surface area contributed by atoms with E-state index in [-0.39, 0.29) is 17.6 Å². The van der Waals surface area contributed by atoms with Gasteiger partial charge in [0.2, 0.25) is 0 Å². The predicted octanol–water partition coefficient (Wildman–Crippen LogP) is 2.85. The molecule has 172 valence electrons. The first-order valence-corrected chi connectivity index (χ1v) is 10.7. The number of carbonyl (C=O) groups is 2. The Kier molecular flexibility index (Phi) is 7.81. The van der Waals surface area contributed by atoms with Gasteiger partial charge in [0.1, 0.15) is 11.5 Å². The number of phenols is 1. The summed E-state index contributed by atoms with van der Waals surface area (Å²) in [4.78, 5) is 27.0. The minimum atomic E-state index is -0.647. The van der Waals surface area contributed by atoms with Gasteiger partial charge in [-0.15, -0.1) is 0 Å². The molecule has 8 nitrogen and oxygen atoms in total. The lowest BCUT2D eigenvalue weighted by molar-refractivity contribution is -0.127. The number of carbonyl (C=O) groups excluding carboxylic acids is 2. The van der Waals surface area contributed by atoms with E-state index in [1.807, 2.05) is 4.90 Å². The lowest BCUT2D eigenvalue weighted by atomic mass is 9.96. The first-order chi connectivity index (χ1) is 15.4. The van der Waals surface area contributed by atoms with E-state index in [1.165, 1.54) is 12.1 Å². The SMILES string of the molecule is COc1ccc(C(=O)N2CCC(CNC(=O)C(C)Oc3ccc(O)cc3)CC2)cc1OC. The zero-order valence-electron chi connectivity index (χ0n) is 18.7. The zero-order chi connectivity index (χ0) is 23.1. The molecular formula is C24H30N2O6. The van der Waals surface area contributed by atoms with E-state index in [0.29, 0.717) is 48.4 Å². The number of hydrogen-bond acceptors (Lipinski definition) is 6. The number of aromatic hydroxyl groups is 1. The van der Waals surface area contributed by atoms with Crippen LogP contribution in [0.3, 0.4) is 0 Å². The van der Waals surface area contributed by atoms with Gasteiger partial charge in [-0.25, -0.2) is 0 Å². The van der Waals surface area contributed by atoms with Gasteiger partial charge in [0.05, 0.1) is 14.2 Å². The Morgan fingerprint density at radius 1 is 1.06 bits per heavy atom. The van der Waals surface area contributed by atoms with Crippen LogP contribution >= 0.6 is 0 Å². The molecule has 32 heavy (non-hydrogen) atoms. The van der Waals surface area contributed by atoms with Gasteiger partial charge < -0.3 is 29.5 Å². The topological polar surface area (TPSA) is 97.3 Å². The summed E-state index contributed by atoms with van der Waals surface area (Å²) in [5.74, 6) is 1.85. The van der Waals surface area contributed by atoms with Gasteiger partial charge in [0.15, 0.2) is 17.6 Å². The van der Waals surface area contributed by atoms with Crippen molar-refractivity contribution < 1.29 is 28.9 Å². The Hall–Kier alpha value is -3.42. The van der Waals surface area contributed by atoms with Crippen molar-refractivity contribution in [1.82, 2.24) is 10.2 Å². The number of methoxy groups -OCH3 is 2. The molecule has 2 aromatic carbocycles.